The molecule has 1 aromatic rings. The summed E-state index contributed by atoms with van der Waals surface area (Å²) in [6.07, 6.45) is 2.15. The zero-order valence-corrected chi connectivity index (χ0v) is 13.9. The second-order valence-corrected chi connectivity index (χ2v) is 5.62. The number of carbonyl (C=O) groups excluding carboxylic acids is 1. The number of ether oxygens (including phenoxy) is 1. The average molecular weight is 315 g/mol. The second kappa shape index (κ2) is 10.5. The highest BCUT2D eigenvalue weighted by Crippen LogP contribution is 2.18. The van der Waals surface area contributed by atoms with E-state index < -0.39 is 0 Å². The Balaban J connectivity index is 0.00000400. The molecule has 0 saturated heterocycles. The largest absolute Gasteiger partial charge is 0.494 e. The lowest BCUT2D eigenvalue weighted by Gasteiger charge is -2.10. The molecule has 120 valence electrons. The average Bonchev–Trinajstić information content (AvgIpc) is 2.36. The highest BCUT2D eigenvalue weighted by Gasteiger charge is 2.05. The molecule has 1 atom stereocenters. The molecular weight excluding hydrogens is 288 g/mol. The topological polar surface area (TPSA) is 64.3 Å². The van der Waals surface area contributed by atoms with Gasteiger partial charge in [-0.3, -0.25) is 4.79 Å². The van der Waals surface area contributed by atoms with Gasteiger partial charge in [0.1, 0.15) is 5.75 Å². The van der Waals surface area contributed by atoms with E-state index in [0.29, 0.717) is 25.4 Å². The van der Waals surface area contributed by atoms with Crippen LogP contribution in [0.2, 0.25) is 0 Å². The SMILES string of the molecule is CC(C)CCOc1cccc(NC(=O)CCC(C)N)c1.Cl. The van der Waals surface area contributed by atoms with Gasteiger partial charge in [0, 0.05) is 24.2 Å². The summed E-state index contributed by atoms with van der Waals surface area (Å²) >= 11 is 0. The van der Waals surface area contributed by atoms with Crippen LogP contribution >= 0.6 is 12.4 Å². The summed E-state index contributed by atoms with van der Waals surface area (Å²) in [6.45, 7) is 6.92. The van der Waals surface area contributed by atoms with Crippen molar-refractivity contribution in [2.45, 2.75) is 46.1 Å². The Bertz CT molecular complexity index is 422. The maximum absolute atomic E-state index is 11.7. The first-order valence-corrected chi connectivity index (χ1v) is 7.25. The molecule has 1 unspecified atom stereocenters. The van der Waals surface area contributed by atoms with Crippen molar-refractivity contribution in [1.29, 1.82) is 0 Å². The summed E-state index contributed by atoms with van der Waals surface area (Å²) in [5.41, 5.74) is 6.40. The smallest absolute Gasteiger partial charge is 0.224 e. The van der Waals surface area contributed by atoms with Crippen molar-refractivity contribution in [2.75, 3.05) is 11.9 Å². The number of amides is 1. The summed E-state index contributed by atoms with van der Waals surface area (Å²) < 4.78 is 5.67. The lowest BCUT2D eigenvalue weighted by molar-refractivity contribution is -0.116. The zero-order valence-electron chi connectivity index (χ0n) is 13.1. The highest BCUT2D eigenvalue weighted by atomic mass is 35.5. The summed E-state index contributed by atoms with van der Waals surface area (Å²) in [7, 11) is 0. The Morgan fingerprint density at radius 3 is 2.62 bits per heavy atom. The molecule has 0 radical (unpaired) electrons. The fourth-order valence-electron chi connectivity index (χ4n) is 1.66. The van der Waals surface area contributed by atoms with Crippen LogP contribution in [0, 0.1) is 5.92 Å². The molecule has 0 saturated carbocycles. The number of hydrogen-bond acceptors (Lipinski definition) is 3. The third-order valence-electron chi connectivity index (χ3n) is 2.91. The lowest BCUT2D eigenvalue weighted by Crippen LogP contribution is -2.19. The lowest BCUT2D eigenvalue weighted by atomic mass is 10.1. The standard InChI is InChI=1S/C16H26N2O2.ClH/c1-12(2)9-10-20-15-6-4-5-14(11-15)18-16(19)8-7-13(3)17;/h4-6,11-13H,7-10,17H2,1-3H3,(H,18,19);1H. The number of halogens is 1. The van der Waals surface area contributed by atoms with E-state index in [2.05, 4.69) is 19.2 Å². The number of carbonyl (C=O) groups is 1. The quantitative estimate of drug-likeness (QED) is 0.770. The molecule has 0 bridgehead atoms. The number of nitrogens with two attached hydrogens (primary N) is 1. The first kappa shape index (κ1) is 19.7. The minimum atomic E-state index is -0.0124. The van der Waals surface area contributed by atoms with E-state index in [1.165, 1.54) is 0 Å². The van der Waals surface area contributed by atoms with Crippen molar-refractivity contribution in [1.82, 2.24) is 0 Å². The third kappa shape index (κ3) is 9.32. The predicted molar refractivity (Wildman–Crippen MR) is 90.2 cm³/mol. The molecule has 4 nitrogen and oxygen atoms in total. The molecule has 0 heterocycles. The van der Waals surface area contributed by atoms with E-state index in [9.17, 15) is 4.79 Å². The van der Waals surface area contributed by atoms with E-state index in [1.807, 2.05) is 31.2 Å². The van der Waals surface area contributed by atoms with E-state index in [-0.39, 0.29) is 24.4 Å². The van der Waals surface area contributed by atoms with E-state index >= 15 is 0 Å². The van der Waals surface area contributed by atoms with Crippen molar-refractivity contribution in [3.05, 3.63) is 24.3 Å². The summed E-state index contributed by atoms with van der Waals surface area (Å²) in [4.78, 5) is 11.7. The maximum atomic E-state index is 11.7. The second-order valence-electron chi connectivity index (χ2n) is 5.62. The van der Waals surface area contributed by atoms with Gasteiger partial charge in [-0.15, -0.1) is 12.4 Å². The molecule has 0 aliphatic rings. The normalized spacial score (nSPS) is 11.7. The maximum Gasteiger partial charge on any atom is 0.224 e. The molecule has 5 heteroatoms. The summed E-state index contributed by atoms with van der Waals surface area (Å²) in [5.74, 6) is 1.40. The number of rotatable bonds is 8. The van der Waals surface area contributed by atoms with E-state index in [0.717, 1.165) is 17.9 Å². The number of nitrogens with one attached hydrogen (secondary N) is 1. The van der Waals surface area contributed by atoms with Crippen LogP contribution in [0.15, 0.2) is 24.3 Å². The fraction of sp³-hybridized carbons (Fsp3) is 0.562. The van der Waals surface area contributed by atoms with Gasteiger partial charge in [-0.25, -0.2) is 0 Å². The van der Waals surface area contributed by atoms with Crippen LogP contribution in [0.3, 0.4) is 0 Å². The Morgan fingerprint density at radius 1 is 1.29 bits per heavy atom. The Kier molecular flexibility index (Phi) is 9.84. The van der Waals surface area contributed by atoms with Crippen molar-refractivity contribution in [3.8, 4) is 5.75 Å². The molecule has 1 rings (SSSR count). The van der Waals surface area contributed by atoms with Crippen LogP contribution < -0.4 is 15.8 Å². The monoisotopic (exact) mass is 314 g/mol. The first-order valence-electron chi connectivity index (χ1n) is 7.25. The Hall–Kier alpha value is -1.26. The molecule has 1 amide bonds. The van der Waals surface area contributed by atoms with Gasteiger partial charge in [0.05, 0.1) is 6.61 Å². The van der Waals surface area contributed by atoms with Gasteiger partial charge in [0.25, 0.3) is 0 Å². The van der Waals surface area contributed by atoms with Crippen LogP contribution in [-0.4, -0.2) is 18.6 Å². The summed E-state index contributed by atoms with van der Waals surface area (Å²) in [5, 5.41) is 2.86. The number of benzene rings is 1. The molecule has 0 aliphatic heterocycles. The molecule has 0 aromatic heterocycles. The number of hydrogen-bond donors (Lipinski definition) is 2. The van der Waals surface area contributed by atoms with Crippen molar-refractivity contribution in [3.63, 3.8) is 0 Å². The third-order valence-corrected chi connectivity index (χ3v) is 2.91. The van der Waals surface area contributed by atoms with Crippen LogP contribution in [0.25, 0.3) is 0 Å². The van der Waals surface area contributed by atoms with Crippen molar-refractivity contribution >= 4 is 24.0 Å². The van der Waals surface area contributed by atoms with Crippen LogP contribution in [0.5, 0.6) is 5.75 Å². The highest BCUT2D eigenvalue weighted by molar-refractivity contribution is 5.90. The van der Waals surface area contributed by atoms with Crippen LogP contribution in [0.1, 0.15) is 40.0 Å². The van der Waals surface area contributed by atoms with Gasteiger partial charge in [0.15, 0.2) is 0 Å². The van der Waals surface area contributed by atoms with Gasteiger partial charge < -0.3 is 15.8 Å². The predicted octanol–water partition coefficient (Wildman–Crippen LogP) is 3.60. The molecule has 21 heavy (non-hydrogen) atoms. The van der Waals surface area contributed by atoms with Crippen LogP contribution in [0.4, 0.5) is 5.69 Å². The molecule has 3 N–H and O–H groups in total. The van der Waals surface area contributed by atoms with Crippen molar-refractivity contribution in [2.24, 2.45) is 11.7 Å². The zero-order chi connectivity index (χ0) is 15.0. The molecular formula is C16H27ClN2O2. The Morgan fingerprint density at radius 2 is 2.00 bits per heavy atom. The minimum absolute atomic E-state index is 0. The fourth-order valence-corrected chi connectivity index (χ4v) is 1.66. The van der Waals surface area contributed by atoms with E-state index in [1.54, 1.807) is 0 Å². The first-order chi connectivity index (χ1) is 9.47. The summed E-state index contributed by atoms with van der Waals surface area (Å²) in [6, 6.07) is 7.54. The van der Waals surface area contributed by atoms with Gasteiger partial charge in [0.2, 0.25) is 5.91 Å². The molecule has 0 aliphatic carbocycles. The van der Waals surface area contributed by atoms with Crippen LogP contribution in [-0.2, 0) is 4.79 Å². The van der Waals surface area contributed by atoms with Gasteiger partial charge in [-0.1, -0.05) is 19.9 Å². The molecule has 0 fully saturated rings. The van der Waals surface area contributed by atoms with E-state index in [4.69, 9.17) is 10.5 Å². The minimum Gasteiger partial charge on any atom is -0.494 e. The van der Waals surface area contributed by atoms with Gasteiger partial charge in [-0.2, -0.15) is 0 Å². The number of anilines is 1. The van der Waals surface area contributed by atoms with Crippen molar-refractivity contribution < 1.29 is 9.53 Å². The molecule has 0 spiro atoms. The molecule has 1 aromatic carbocycles. The Labute approximate surface area is 133 Å². The van der Waals surface area contributed by atoms with Gasteiger partial charge in [-0.05, 0) is 37.8 Å². The van der Waals surface area contributed by atoms with Gasteiger partial charge >= 0.3 is 0 Å².